The van der Waals surface area contributed by atoms with Gasteiger partial charge in [-0.25, -0.2) is 0 Å². The lowest BCUT2D eigenvalue weighted by Gasteiger charge is -2.16. The molecule has 1 aromatic rings. The Morgan fingerprint density at radius 3 is 2.60 bits per heavy atom. The number of fused-ring (bicyclic) bond motifs is 1. The number of allylic oxidation sites excluding steroid dienone is 2. The molecule has 0 aromatic heterocycles. The maximum atomic E-state index is 2.42. The van der Waals surface area contributed by atoms with Gasteiger partial charge in [-0.05, 0) is 19.4 Å². The van der Waals surface area contributed by atoms with E-state index >= 15 is 0 Å². The molecule has 2 aliphatic rings. The van der Waals surface area contributed by atoms with Crippen LogP contribution in [0.15, 0.2) is 53.6 Å². The van der Waals surface area contributed by atoms with E-state index in [1.807, 2.05) is 0 Å². The van der Waals surface area contributed by atoms with E-state index < -0.39 is 0 Å². The van der Waals surface area contributed by atoms with Crippen LogP contribution in [0.5, 0.6) is 0 Å². The van der Waals surface area contributed by atoms with Crippen molar-refractivity contribution in [3.8, 4) is 0 Å². The second-order valence-electron chi connectivity index (χ2n) is 4.43. The Hall–Kier alpha value is -0.950. The Bertz CT molecular complexity index is 455. The van der Waals surface area contributed by atoms with Crippen LogP contribution in [0.3, 0.4) is 0 Å². The molecule has 0 saturated carbocycles. The molecule has 15 heavy (non-hydrogen) atoms. The lowest BCUT2D eigenvalue weighted by molar-refractivity contribution is 0.857. The molecular formula is C14H14S. The van der Waals surface area contributed by atoms with E-state index in [0.717, 1.165) is 0 Å². The molecule has 1 aliphatic carbocycles. The Kier molecular flexibility index (Phi) is 1.87. The zero-order valence-electron chi connectivity index (χ0n) is 9.03. The van der Waals surface area contributed by atoms with E-state index in [0.29, 0.717) is 5.25 Å². The Morgan fingerprint density at radius 2 is 1.87 bits per heavy atom. The van der Waals surface area contributed by atoms with Crippen molar-refractivity contribution in [3.63, 3.8) is 0 Å². The molecule has 1 aromatic carbocycles. The number of rotatable bonds is 1. The first kappa shape index (κ1) is 9.29. The molecule has 1 saturated heterocycles. The van der Waals surface area contributed by atoms with Gasteiger partial charge in [0.1, 0.15) is 0 Å². The summed E-state index contributed by atoms with van der Waals surface area (Å²) in [5, 5.41) is 0.684. The molecule has 0 amide bonds. The van der Waals surface area contributed by atoms with E-state index in [-0.39, 0.29) is 4.75 Å². The fourth-order valence-corrected chi connectivity index (χ4v) is 4.01. The van der Waals surface area contributed by atoms with Gasteiger partial charge in [-0.3, -0.25) is 0 Å². The zero-order chi connectivity index (χ0) is 10.5. The topological polar surface area (TPSA) is 0 Å². The molecule has 0 spiro atoms. The van der Waals surface area contributed by atoms with E-state index in [1.165, 1.54) is 16.7 Å². The first-order valence-electron chi connectivity index (χ1n) is 5.33. The number of hydrogen-bond donors (Lipinski definition) is 0. The fourth-order valence-electron chi connectivity index (χ4n) is 2.52. The molecular weight excluding hydrogens is 200 g/mol. The average molecular weight is 214 g/mol. The highest BCUT2D eigenvalue weighted by Crippen LogP contribution is 2.66. The Balaban J connectivity index is 2.07. The van der Waals surface area contributed by atoms with Gasteiger partial charge in [0.2, 0.25) is 0 Å². The average Bonchev–Trinajstić information content (AvgIpc) is 2.95. The Morgan fingerprint density at radius 1 is 1.13 bits per heavy atom. The van der Waals surface area contributed by atoms with Gasteiger partial charge >= 0.3 is 0 Å². The second-order valence-corrected chi connectivity index (χ2v) is 5.82. The minimum Gasteiger partial charge on any atom is -0.135 e. The van der Waals surface area contributed by atoms with Crippen molar-refractivity contribution in [2.24, 2.45) is 0 Å². The maximum Gasteiger partial charge on any atom is 0.0756 e. The minimum atomic E-state index is 0.268. The maximum absolute atomic E-state index is 2.42. The second kappa shape index (κ2) is 3.02. The largest absolute Gasteiger partial charge is 0.135 e. The third-order valence-electron chi connectivity index (χ3n) is 3.18. The van der Waals surface area contributed by atoms with Crippen LogP contribution in [0, 0.1) is 0 Å². The third-order valence-corrected chi connectivity index (χ3v) is 4.89. The predicted octanol–water partition coefficient (Wildman–Crippen LogP) is 3.90. The highest BCUT2D eigenvalue weighted by atomic mass is 32.2. The molecule has 0 N–H and O–H groups in total. The zero-order valence-corrected chi connectivity index (χ0v) is 9.84. The molecule has 3 rings (SSSR count). The number of benzene rings is 1. The number of hydrogen-bond acceptors (Lipinski definition) is 1. The molecule has 0 nitrogen and oxygen atoms in total. The summed E-state index contributed by atoms with van der Waals surface area (Å²) in [6, 6.07) is 10.8. The summed E-state index contributed by atoms with van der Waals surface area (Å²) in [6.45, 7) is 4.45. The molecule has 2 unspecified atom stereocenters. The quantitative estimate of drug-likeness (QED) is 0.639. The van der Waals surface area contributed by atoms with Crippen LogP contribution in [0.2, 0.25) is 0 Å². The Labute approximate surface area is 95.1 Å². The first-order valence-corrected chi connectivity index (χ1v) is 6.21. The summed E-state index contributed by atoms with van der Waals surface area (Å²) >= 11 is 2.07. The minimum absolute atomic E-state index is 0.268. The third kappa shape index (κ3) is 1.30. The van der Waals surface area contributed by atoms with Crippen molar-refractivity contribution >= 4 is 11.8 Å². The molecule has 76 valence electrons. The van der Waals surface area contributed by atoms with Gasteiger partial charge in [-0.15, -0.1) is 11.8 Å². The van der Waals surface area contributed by atoms with Crippen molar-refractivity contribution in [3.05, 3.63) is 59.2 Å². The van der Waals surface area contributed by atoms with Gasteiger partial charge in [0, 0.05) is 5.25 Å². The number of thioether (sulfide) groups is 1. The van der Waals surface area contributed by atoms with Crippen molar-refractivity contribution in [2.45, 2.75) is 23.8 Å². The predicted molar refractivity (Wildman–Crippen MR) is 67.0 cm³/mol. The van der Waals surface area contributed by atoms with Crippen molar-refractivity contribution in [1.82, 2.24) is 0 Å². The summed E-state index contributed by atoms with van der Waals surface area (Å²) in [7, 11) is 0. The van der Waals surface area contributed by atoms with E-state index in [2.05, 4.69) is 68.1 Å². The van der Waals surface area contributed by atoms with Crippen LogP contribution in [-0.4, -0.2) is 5.25 Å². The van der Waals surface area contributed by atoms with E-state index in [9.17, 15) is 0 Å². The van der Waals surface area contributed by atoms with Crippen LogP contribution in [-0.2, 0) is 4.75 Å². The smallest absolute Gasteiger partial charge is 0.0756 e. The van der Waals surface area contributed by atoms with Crippen LogP contribution in [0.1, 0.15) is 19.4 Å². The van der Waals surface area contributed by atoms with Gasteiger partial charge in [0.05, 0.1) is 4.75 Å². The van der Waals surface area contributed by atoms with Gasteiger partial charge in [-0.1, -0.05) is 53.6 Å². The molecule has 1 heteroatoms. The normalized spacial score (nSPS) is 32.8. The molecule has 0 radical (unpaired) electrons. The van der Waals surface area contributed by atoms with Gasteiger partial charge < -0.3 is 0 Å². The van der Waals surface area contributed by atoms with Gasteiger partial charge in [0.15, 0.2) is 0 Å². The first-order chi connectivity index (χ1) is 7.22. The summed E-state index contributed by atoms with van der Waals surface area (Å²) < 4.78 is 0.268. The van der Waals surface area contributed by atoms with Gasteiger partial charge in [-0.2, -0.15) is 0 Å². The highest BCUT2D eigenvalue weighted by molar-refractivity contribution is 8.08. The molecule has 0 bridgehead atoms. The standard InChI is InChI=1S/C14H14S/c1-10-8-11(2)13-14(9-10,15-13)12-6-4-3-5-7-12/h3-9,13H,1-2H3. The summed E-state index contributed by atoms with van der Waals surface area (Å²) in [4.78, 5) is 0. The van der Waals surface area contributed by atoms with Crippen molar-refractivity contribution in [1.29, 1.82) is 0 Å². The molecule has 1 fully saturated rings. The fraction of sp³-hybridized carbons (Fsp3) is 0.286. The summed E-state index contributed by atoms with van der Waals surface area (Å²) in [5.41, 5.74) is 4.37. The summed E-state index contributed by atoms with van der Waals surface area (Å²) in [6.07, 6.45) is 4.73. The van der Waals surface area contributed by atoms with Crippen molar-refractivity contribution in [2.75, 3.05) is 0 Å². The van der Waals surface area contributed by atoms with Crippen LogP contribution >= 0.6 is 11.8 Å². The molecule has 1 heterocycles. The highest BCUT2D eigenvalue weighted by Gasteiger charge is 2.56. The summed E-state index contributed by atoms with van der Waals surface area (Å²) in [5.74, 6) is 0. The lowest BCUT2D eigenvalue weighted by Crippen LogP contribution is -2.13. The SMILES string of the molecule is CC1=CC2(c3ccccc3)SC2C(C)=C1. The van der Waals surface area contributed by atoms with Gasteiger partial charge in [0.25, 0.3) is 0 Å². The molecule has 1 aliphatic heterocycles. The molecule has 2 atom stereocenters. The van der Waals surface area contributed by atoms with E-state index in [4.69, 9.17) is 0 Å². The van der Waals surface area contributed by atoms with E-state index in [1.54, 1.807) is 0 Å². The van der Waals surface area contributed by atoms with Crippen LogP contribution in [0.4, 0.5) is 0 Å². The lowest BCUT2D eigenvalue weighted by atomic mass is 9.86. The van der Waals surface area contributed by atoms with Crippen molar-refractivity contribution < 1.29 is 0 Å². The van der Waals surface area contributed by atoms with Crippen LogP contribution < -0.4 is 0 Å². The van der Waals surface area contributed by atoms with Crippen LogP contribution in [0.25, 0.3) is 0 Å². The monoisotopic (exact) mass is 214 g/mol.